The topological polar surface area (TPSA) is 0 Å². The first-order valence-corrected chi connectivity index (χ1v) is 2.52. The summed E-state index contributed by atoms with van der Waals surface area (Å²) in [6, 6.07) is 0. The smallest absolute Gasteiger partial charge is 0.0349 e. The standard InChI is InChI=1S/C7H11/c1-4-6-7(3)5-2/h1,4,6H,5H2,2-3H3/b4-1?,7-6+. The lowest BCUT2D eigenvalue weighted by Gasteiger charge is -1.86. The van der Waals surface area contributed by atoms with Gasteiger partial charge in [-0.1, -0.05) is 31.2 Å². The van der Waals surface area contributed by atoms with Gasteiger partial charge in [0.2, 0.25) is 0 Å². The summed E-state index contributed by atoms with van der Waals surface area (Å²) in [5.41, 5.74) is 1.32. The van der Waals surface area contributed by atoms with Crippen LogP contribution < -0.4 is 0 Å². The zero-order valence-corrected chi connectivity index (χ0v) is 4.94. The Morgan fingerprint density at radius 1 is 1.71 bits per heavy atom. The molecule has 0 spiro atoms. The third kappa shape index (κ3) is 3.31. The van der Waals surface area contributed by atoms with Crippen LogP contribution in [0.4, 0.5) is 0 Å². The molecule has 7 heavy (non-hydrogen) atoms. The van der Waals surface area contributed by atoms with E-state index in [1.54, 1.807) is 6.08 Å². The first-order valence-electron chi connectivity index (χ1n) is 2.52. The minimum atomic E-state index is 1.09. The van der Waals surface area contributed by atoms with Crippen LogP contribution in [0.25, 0.3) is 0 Å². The van der Waals surface area contributed by atoms with Gasteiger partial charge in [-0.2, -0.15) is 0 Å². The Labute approximate surface area is 45.5 Å². The average molecular weight is 95.2 g/mol. The molecule has 0 nitrogen and oxygen atoms in total. The van der Waals surface area contributed by atoms with E-state index in [9.17, 15) is 0 Å². The Morgan fingerprint density at radius 2 is 2.29 bits per heavy atom. The van der Waals surface area contributed by atoms with E-state index in [0.29, 0.717) is 0 Å². The molecule has 0 saturated carbocycles. The second-order valence-corrected chi connectivity index (χ2v) is 1.56. The van der Waals surface area contributed by atoms with Crippen LogP contribution in [-0.4, -0.2) is 0 Å². The minimum Gasteiger partial charge on any atom is -0.0736 e. The van der Waals surface area contributed by atoms with Crippen molar-refractivity contribution in [3.63, 3.8) is 0 Å². The largest absolute Gasteiger partial charge is 0.0736 e. The second kappa shape index (κ2) is 3.66. The second-order valence-electron chi connectivity index (χ2n) is 1.56. The van der Waals surface area contributed by atoms with Gasteiger partial charge in [-0.25, -0.2) is 0 Å². The molecule has 0 bridgehead atoms. The lowest BCUT2D eigenvalue weighted by Crippen LogP contribution is -1.65. The first kappa shape index (κ1) is 6.48. The molecule has 0 saturated heterocycles. The highest BCUT2D eigenvalue weighted by molar-refractivity contribution is 5.05. The van der Waals surface area contributed by atoms with Gasteiger partial charge >= 0.3 is 0 Å². The molecule has 0 heteroatoms. The van der Waals surface area contributed by atoms with Crippen LogP contribution in [0.15, 0.2) is 17.7 Å². The molecular formula is C7H11. The molecule has 0 aromatic rings. The number of allylic oxidation sites excluding steroid dienone is 3. The van der Waals surface area contributed by atoms with E-state index in [1.165, 1.54) is 5.57 Å². The molecule has 0 aliphatic rings. The Morgan fingerprint density at radius 3 is 2.43 bits per heavy atom. The SMILES string of the molecule is [CH]=C/C=C(\C)CC. The maximum atomic E-state index is 5.10. The lowest BCUT2D eigenvalue weighted by molar-refractivity contribution is 1.10. The fraction of sp³-hybridized carbons (Fsp3) is 0.429. The van der Waals surface area contributed by atoms with E-state index in [-0.39, 0.29) is 0 Å². The van der Waals surface area contributed by atoms with Crippen molar-refractivity contribution >= 4 is 0 Å². The van der Waals surface area contributed by atoms with Gasteiger partial charge in [0.25, 0.3) is 0 Å². The zero-order chi connectivity index (χ0) is 5.70. The summed E-state index contributed by atoms with van der Waals surface area (Å²) in [6.45, 7) is 9.27. The van der Waals surface area contributed by atoms with Gasteiger partial charge in [-0.15, -0.1) is 0 Å². The fourth-order valence-corrected chi connectivity index (χ4v) is 0.282. The summed E-state index contributed by atoms with van der Waals surface area (Å²) < 4.78 is 0. The maximum Gasteiger partial charge on any atom is -0.0349 e. The number of hydrogen-bond acceptors (Lipinski definition) is 0. The van der Waals surface area contributed by atoms with E-state index in [2.05, 4.69) is 13.8 Å². The van der Waals surface area contributed by atoms with Crippen LogP contribution in [-0.2, 0) is 0 Å². The molecule has 0 atom stereocenters. The summed E-state index contributed by atoms with van der Waals surface area (Å²) in [4.78, 5) is 0. The molecule has 1 radical (unpaired) electrons. The summed E-state index contributed by atoms with van der Waals surface area (Å²) in [7, 11) is 0. The van der Waals surface area contributed by atoms with Crippen molar-refractivity contribution < 1.29 is 0 Å². The molecule has 0 rings (SSSR count). The van der Waals surface area contributed by atoms with Crippen LogP contribution in [0.3, 0.4) is 0 Å². The summed E-state index contributed by atoms with van der Waals surface area (Å²) >= 11 is 0. The van der Waals surface area contributed by atoms with E-state index >= 15 is 0 Å². The van der Waals surface area contributed by atoms with E-state index in [4.69, 9.17) is 6.58 Å². The van der Waals surface area contributed by atoms with Crippen molar-refractivity contribution in [3.8, 4) is 0 Å². The number of hydrogen-bond donors (Lipinski definition) is 0. The van der Waals surface area contributed by atoms with Crippen LogP contribution in [0.1, 0.15) is 20.3 Å². The summed E-state index contributed by atoms with van der Waals surface area (Å²) in [6.07, 6.45) is 4.58. The van der Waals surface area contributed by atoms with Gasteiger partial charge in [0.1, 0.15) is 0 Å². The predicted molar refractivity (Wildman–Crippen MR) is 32.9 cm³/mol. The Hall–Kier alpha value is -0.520. The van der Waals surface area contributed by atoms with Crippen LogP contribution in [0.2, 0.25) is 0 Å². The summed E-state index contributed by atoms with van der Waals surface area (Å²) in [5, 5.41) is 0. The van der Waals surface area contributed by atoms with Crippen molar-refractivity contribution in [3.05, 3.63) is 24.3 Å². The fourth-order valence-electron chi connectivity index (χ4n) is 0.282. The van der Waals surface area contributed by atoms with Gasteiger partial charge in [-0.3, -0.25) is 0 Å². The Bertz CT molecular complexity index is 78.0. The molecule has 0 aromatic heterocycles. The lowest BCUT2D eigenvalue weighted by atomic mass is 10.2. The van der Waals surface area contributed by atoms with Gasteiger partial charge in [0.15, 0.2) is 0 Å². The molecule has 39 valence electrons. The molecule has 0 heterocycles. The van der Waals surface area contributed by atoms with E-state index in [0.717, 1.165) is 6.42 Å². The van der Waals surface area contributed by atoms with Crippen LogP contribution in [0.5, 0.6) is 0 Å². The minimum absolute atomic E-state index is 1.09. The van der Waals surface area contributed by atoms with Crippen molar-refractivity contribution in [2.24, 2.45) is 0 Å². The van der Waals surface area contributed by atoms with Gasteiger partial charge in [0.05, 0.1) is 0 Å². The van der Waals surface area contributed by atoms with Gasteiger partial charge in [-0.05, 0) is 13.3 Å². The molecule has 0 aromatic carbocycles. The molecule has 0 aliphatic heterocycles. The van der Waals surface area contributed by atoms with Crippen LogP contribution in [0, 0.1) is 6.58 Å². The quantitative estimate of drug-likeness (QED) is 0.462. The van der Waals surface area contributed by atoms with Crippen molar-refractivity contribution in [2.45, 2.75) is 20.3 Å². The monoisotopic (exact) mass is 95.1 g/mol. The molecule has 0 amide bonds. The molecular weight excluding hydrogens is 84.1 g/mol. The first-order chi connectivity index (χ1) is 3.31. The predicted octanol–water partition coefficient (Wildman–Crippen LogP) is 2.33. The average Bonchev–Trinajstić information content (AvgIpc) is 1.68. The third-order valence-corrected chi connectivity index (χ3v) is 0.938. The highest BCUT2D eigenvalue weighted by Crippen LogP contribution is 1.95. The number of rotatable bonds is 2. The summed E-state index contributed by atoms with van der Waals surface area (Å²) in [5.74, 6) is 0. The Kier molecular flexibility index (Phi) is 3.39. The Balaban J connectivity index is 3.49. The molecule has 0 aliphatic carbocycles. The zero-order valence-electron chi connectivity index (χ0n) is 4.94. The normalized spacial score (nSPS) is 11.4. The van der Waals surface area contributed by atoms with E-state index in [1.807, 2.05) is 6.08 Å². The van der Waals surface area contributed by atoms with Crippen molar-refractivity contribution in [2.75, 3.05) is 0 Å². The molecule has 0 fully saturated rings. The highest BCUT2D eigenvalue weighted by atomic mass is 13.8. The third-order valence-electron chi connectivity index (χ3n) is 0.938. The molecule has 0 unspecified atom stereocenters. The van der Waals surface area contributed by atoms with Gasteiger partial charge < -0.3 is 0 Å². The highest BCUT2D eigenvalue weighted by Gasteiger charge is 1.74. The van der Waals surface area contributed by atoms with Crippen LogP contribution >= 0.6 is 0 Å². The molecule has 0 N–H and O–H groups in total. The van der Waals surface area contributed by atoms with Crippen molar-refractivity contribution in [1.29, 1.82) is 0 Å². The maximum absolute atomic E-state index is 5.10. The van der Waals surface area contributed by atoms with Gasteiger partial charge in [0, 0.05) is 0 Å². The van der Waals surface area contributed by atoms with E-state index < -0.39 is 0 Å². The van der Waals surface area contributed by atoms with Crippen molar-refractivity contribution in [1.82, 2.24) is 0 Å².